The van der Waals surface area contributed by atoms with Gasteiger partial charge in [0, 0.05) is 37.4 Å². The van der Waals surface area contributed by atoms with E-state index in [2.05, 4.69) is 17.0 Å². The fourth-order valence-corrected chi connectivity index (χ4v) is 6.57. The molecule has 0 unspecified atom stereocenters. The minimum atomic E-state index is -0.219. The van der Waals surface area contributed by atoms with Gasteiger partial charge < -0.3 is 9.80 Å². The van der Waals surface area contributed by atoms with Crippen LogP contribution in [0.1, 0.15) is 33.3 Å². The maximum atomic E-state index is 13.2. The van der Waals surface area contributed by atoms with Crippen molar-refractivity contribution in [3.8, 4) is 0 Å². The van der Waals surface area contributed by atoms with E-state index in [-0.39, 0.29) is 11.7 Å². The van der Waals surface area contributed by atoms with Crippen molar-refractivity contribution >= 4 is 35.1 Å². The number of rotatable bonds is 3. The normalized spacial score (nSPS) is 18.8. The highest BCUT2D eigenvalue weighted by atomic mass is 32.2. The maximum absolute atomic E-state index is 13.2. The fourth-order valence-electron chi connectivity index (χ4n) is 3.68. The van der Waals surface area contributed by atoms with E-state index in [1.807, 2.05) is 52.7 Å². The number of anilines is 1. The van der Waals surface area contributed by atoms with Crippen molar-refractivity contribution in [2.45, 2.75) is 17.4 Å². The molecule has 0 radical (unpaired) electrons. The quantitative estimate of drug-likeness (QED) is 0.699. The summed E-state index contributed by atoms with van der Waals surface area (Å²) in [6, 6.07) is 14.8. The first-order chi connectivity index (χ1) is 13.7. The Balaban J connectivity index is 1.38. The first-order valence-electron chi connectivity index (χ1n) is 9.84. The Morgan fingerprint density at radius 2 is 1.57 bits per heavy atom. The molecule has 2 aliphatic heterocycles. The van der Waals surface area contributed by atoms with Crippen molar-refractivity contribution in [2.24, 2.45) is 0 Å². The van der Waals surface area contributed by atoms with Crippen molar-refractivity contribution in [1.29, 1.82) is 0 Å². The number of halogens is 1. The smallest absolute Gasteiger partial charge is 0.253 e. The summed E-state index contributed by atoms with van der Waals surface area (Å²) in [5, 5.41) is 0. The Bertz CT molecular complexity index is 791. The molecule has 2 aliphatic rings. The predicted octanol–water partition coefficient (Wildman–Crippen LogP) is 5.05. The molecule has 1 amide bonds. The SMILES string of the molecule is O=C(c1ccc(C2SCCCS2)cc1)N1CCCN(c2ccc(F)cc2)CC1. The highest BCUT2D eigenvalue weighted by Gasteiger charge is 2.22. The minimum absolute atomic E-state index is 0.108. The summed E-state index contributed by atoms with van der Waals surface area (Å²) in [5.74, 6) is 2.33. The lowest BCUT2D eigenvalue weighted by Gasteiger charge is -2.24. The van der Waals surface area contributed by atoms with Gasteiger partial charge in [0.05, 0.1) is 4.58 Å². The number of carbonyl (C=O) groups excluding carboxylic acids is 1. The van der Waals surface area contributed by atoms with Crippen molar-refractivity contribution in [3.63, 3.8) is 0 Å². The number of thioether (sulfide) groups is 2. The Morgan fingerprint density at radius 1 is 0.857 bits per heavy atom. The molecule has 0 spiro atoms. The number of carbonyl (C=O) groups is 1. The number of benzene rings is 2. The molecule has 148 valence electrons. The van der Waals surface area contributed by atoms with Gasteiger partial charge in [-0.3, -0.25) is 4.79 Å². The Kier molecular flexibility index (Phi) is 6.47. The van der Waals surface area contributed by atoms with E-state index < -0.39 is 0 Å². The van der Waals surface area contributed by atoms with Gasteiger partial charge >= 0.3 is 0 Å². The van der Waals surface area contributed by atoms with E-state index in [1.54, 1.807) is 0 Å². The van der Waals surface area contributed by atoms with E-state index in [4.69, 9.17) is 0 Å². The third-order valence-electron chi connectivity index (χ3n) is 5.23. The highest BCUT2D eigenvalue weighted by molar-refractivity contribution is 8.16. The van der Waals surface area contributed by atoms with Crippen LogP contribution in [-0.4, -0.2) is 48.5 Å². The first-order valence-corrected chi connectivity index (χ1v) is 11.9. The number of hydrogen-bond donors (Lipinski definition) is 0. The molecular weight excluding hydrogens is 391 g/mol. The zero-order chi connectivity index (χ0) is 19.3. The van der Waals surface area contributed by atoms with Gasteiger partial charge in [-0.25, -0.2) is 4.39 Å². The van der Waals surface area contributed by atoms with Crippen molar-refractivity contribution in [3.05, 3.63) is 65.5 Å². The third kappa shape index (κ3) is 4.66. The average molecular weight is 417 g/mol. The zero-order valence-electron chi connectivity index (χ0n) is 15.9. The molecular formula is C22H25FN2OS2. The topological polar surface area (TPSA) is 23.6 Å². The zero-order valence-corrected chi connectivity index (χ0v) is 17.5. The molecule has 2 fully saturated rings. The standard InChI is InChI=1S/C22H25FN2OS2/c23-19-7-9-20(10-8-19)24-11-1-12-25(14-13-24)21(26)17-3-5-18(6-4-17)22-27-15-2-16-28-22/h3-10,22H,1-2,11-16H2. The molecule has 2 aromatic rings. The van der Waals surface area contributed by atoms with Gasteiger partial charge in [-0.1, -0.05) is 12.1 Å². The minimum Gasteiger partial charge on any atom is -0.370 e. The highest BCUT2D eigenvalue weighted by Crippen LogP contribution is 2.43. The summed E-state index contributed by atoms with van der Waals surface area (Å²) in [6.07, 6.45) is 2.20. The Labute approximate surface area is 174 Å². The summed E-state index contributed by atoms with van der Waals surface area (Å²) in [7, 11) is 0. The lowest BCUT2D eigenvalue weighted by Crippen LogP contribution is -2.35. The molecule has 0 bridgehead atoms. The van der Waals surface area contributed by atoms with Crippen LogP contribution in [0.3, 0.4) is 0 Å². The predicted molar refractivity (Wildman–Crippen MR) is 118 cm³/mol. The van der Waals surface area contributed by atoms with Gasteiger partial charge in [0.15, 0.2) is 0 Å². The van der Waals surface area contributed by atoms with Gasteiger partial charge in [0.25, 0.3) is 5.91 Å². The first kappa shape index (κ1) is 19.6. The van der Waals surface area contributed by atoms with Crippen molar-refractivity contribution in [1.82, 2.24) is 4.90 Å². The molecule has 2 saturated heterocycles. The van der Waals surface area contributed by atoms with E-state index >= 15 is 0 Å². The summed E-state index contributed by atoms with van der Waals surface area (Å²) >= 11 is 4.00. The monoisotopic (exact) mass is 416 g/mol. The Hall–Kier alpha value is -1.66. The van der Waals surface area contributed by atoms with Crippen LogP contribution in [0.15, 0.2) is 48.5 Å². The van der Waals surface area contributed by atoms with Gasteiger partial charge in [0.2, 0.25) is 0 Å². The van der Waals surface area contributed by atoms with E-state index in [1.165, 1.54) is 35.6 Å². The number of hydrogen-bond acceptors (Lipinski definition) is 4. The van der Waals surface area contributed by atoms with Crippen LogP contribution in [0.4, 0.5) is 10.1 Å². The molecule has 0 atom stereocenters. The second-order valence-electron chi connectivity index (χ2n) is 7.16. The molecule has 2 heterocycles. The van der Waals surface area contributed by atoms with Crippen LogP contribution < -0.4 is 4.90 Å². The molecule has 2 aromatic carbocycles. The molecule has 0 aliphatic carbocycles. The third-order valence-corrected chi connectivity index (χ3v) is 8.25. The second kappa shape index (κ2) is 9.23. The van der Waals surface area contributed by atoms with Crippen LogP contribution in [0.2, 0.25) is 0 Å². The summed E-state index contributed by atoms with van der Waals surface area (Å²) in [5.41, 5.74) is 3.09. The molecule has 0 aromatic heterocycles. The van der Waals surface area contributed by atoms with Crippen LogP contribution in [0.5, 0.6) is 0 Å². The average Bonchev–Trinajstić information content (AvgIpc) is 3.01. The van der Waals surface area contributed by atoms with Gasteiger partial charge in [-0.05, 0) is 66.3 Å². The number of amides is 1. The van der Waals surface area contributed by atoms with E-state index in [0.29, 0.717) is 11.1 Å². The second-order valence-corrected chi connectivity index (χ2v) is 9.88. The summed E-state index contributed by atoms with van der Waals surface area (Å²) in [6.45, 7) is 3.09. The molecule has 6 heteroatoms. The lowest BCUT2D eigenvalue weighted by molar-refractivity contribution is 0.0767. The Morgan fingerprint density at radius 3 is 2.29 bits per heavy atom. The summed E-state index contributed by atoms with van der Waals surface area (Å²) < 4.78 is 13.7. The fraction of sp³-hybridized carbons (Fsp3) is 0.409. The van der Waals surface area contributed by atoms with Gasteiger partial charge in [-0.15, -0.1) is 23.5 Å². The van der Waals surface area contributed by atoms with Crippen LogP contribution in [0.25, 0.3) is 0 Å². The molecule has 28 heavy (non-hydrogen) atoms. The molecule has 0 saturated carbocycles. The van der Waals surface area contributed by atoms with E-state index in [9.17, 15) is 9.18 Å². The van der Waals surface area contributed by atoms with Crippen molar-refractivity contribution in [2.75, 3.05) is 42.6 Å². The lowest BCUT2D eigenvalue weighted by atomic mass is 10.1. The molecule has 3 nitrogen and oxygen atoms in total. The molecule has 0 N–H and O–H groups in total. The van der Waals surface area contributed by atoms with Gasteiger partial charge in [0.1, 0.15) is 5.82 Å². The number of nitrogens with zero attached hydrogens (tertiary/aromatic N) is 2. The largest absolute Gasteiger partial charge is 0.370 e. The molecule has 4 rings (SSSR count). The van der Waals surface area contributed by atoms with Crippen LogP contribution in [0, 0.1) is 5.82 Å². The van der Waals surface area contributed by atoms with Gasteiger partial charge in [-0.2, -0.15) is 0 Å². The summed E-state index contributed by atoms with van der Waals surface area (Å²) in [4.78, 5) is 17.2. The van der Waals surface area contributed by atoms with Crippen LogP contribution >= 0.6 is 23.5 Å². The van der Waals surface area contributed by atoms with Crippen LogP contribution in [-0.2, 0) is 0 Å². The maximum Gasteiger partial charge on any atom is 0.253 e. The van der Waals surface area contributed by atoms with E-state index in [0.717, 1.165) is 37.3 Å². The van der Waals surface area contributed by atoms with Crippen molar-refractivity contribution < 1.29 is 9.18 Å².